The molecule has 2 aliphatic heterocycles. The summed E-state index contributed by atoms with van der Waals surface area (Å²) in [7, 11) is 0. The highest BCUT2D eigenvalue weighted by Crippen LogP contribution is 2.32. The summed E-state index contributed by atoms with van der Waals surface area (Å²) in [6, 6.07) is 10.2. The van der Waals surface area contributed by atoms with Crippen LogP contribution in [-0.4, -0.2) is 28.0 Å². The van der Waals surface area contributed by atoms with Gasteiger partial charge in [-0.15, -0.1) is 12.4 Å². The number of aryl methyl sites for hydroxylation is 1. The molecule has 0 radical (unpaired) electrons. The van der Waals surface area contributed by atoms with Gasteiger partial charge in [0.05, 0.1) is 0 Å². The Kier molecular flexibility index (Phi) is 6.52. The van der Waals surface area contributed by atoms with E-state index in [9.17, 15) is 9.59 Å². The van der Waals surface area contributed by atoms with Crippen LogP contribution >= 0.6 is 12.4 Å². The maximum Gasteiger partial charge on any atom is 0.251 e. The number of hydrogen-bond donors (Lipinski definition) is 3. The van der Waals surface area contributed by atoms with Crippen molar-refractivity contribution < 1.29 is 4.79 Å². The Bertz CT molecular complexity index is 886. The van der Waals surface area contributed by atoms with E-state index in [1.807, 2.05) is 31.2 Å². The average molecular weight is 403 g/mol. The van der Waals surface area contributed by atoms with Crippen molar-refractivity contribution >= 4 is 24.0 Å². The number of carbonyl (C=O) groups excluding carboxylic acids is 1. The minimum atomic E-state index is -0.160. The monoisotopic (exact) mass is 402 g/mol. The normalized spacial score (nSPS) is 23.1. The number of nitrogens with one attached hydrogen (secondary N) is 3. The first-order chi connectivity index (χ1) is 13.1. The van der Waals surface area contributed by atoms with Gasteiger partial charge in [-0.25, -0.2) is 4.98 Å². The zero-order valence-electron chi connectivity index (χ0n) is 16.0. The number of halogens is 1. The number of rotatable bonds is 5. The van der Waals surface area contributed by atoms with Crippen molar-refractivity contribution in [1.82, 2.24) is 15.3 Å². The van der Waals surface area contributed by atoms with E-state index in [0.29, 0.717) is 36.7 Å². The van der Waals surface area contributed by atoms with Crippen LogP contribution in [0.25, 0.3) is 11.4 Å². The summed E-state index contributed by atoms with van der Waals surface area (Å²) in [4.78, 5) is 31.6. The SMILES string of the molecule is CCc1cc(=O)[nH]c(-c2cccc(NC(=O)CC3CC4CCC(C3)N4)c2)n1.Cl. The van der Waals surface area contributed by atoms with Crippen molar-refractivity contribution in [1.29, 1.82) is 0 Å². The number of nitrogens with zero attached hydrogens (tertiary/aromatic N) is 1. The van der Waals surface area contributed by atoms with Gasteiger partial charge in [0, 0.05) is 41.5 Å². The van der Waals surface area contributed by atoms with E-state index in [-0.39, 0.29) is 23.9 Å². The van der Waals surface area contributed by atoms with Crippen LogP contribution in [0, 0.1) is 5.92 Å². The lowest BCUT2D eigenvalue weighted by Gasteiger charge is -2.28. The summed E-state index contributed by atoms with van der Waals surface area (Å²) >= 11 is 0. The van der Waals surface area contributed by atoms with Crippen LogP contribution in [0.15, 0.2) is 35.1 Å². The van der Waals surface area contributed by atoms with Crippen molar-refractivity contribution in [3.05, 3.63) is 46.4 Å². The molecule has 28 heavy (non-hydrogen) atoms. The molecule has 2 unspecified atom stereocenters. The standard InChI is InChI=1S/C21H26N4O2.ClH/c1-2-15-12-20(27)25-21(24-15)14-4-3-5-16(11-14)23-19(26)10-13-8-17-6-7-18(9-13)22-17;/h3-5,11-13,17-18,22H,2,6-10H2,1H3,(H,23,26)(H,24,25,27);1H. The summed E-state index contributed by atoms with van der Waals surface area (Å²) in [5, 5.41) is 6.63. The number of benzene rings is 1. The Morgan fingerprint density at radius 3 is 2.68 bits per heavy atom. The Morgan fingerprint density at radius 1 is 1.21 bits per heavy atom. The minimum Gasteiger partial charge on any atom is -0.326 e. The van der Waals surface area contributed by atoms with E-state index in [1.165, 1.54) is 18.9 Å². The molecule has 4 rings (SSSR count). The number of anilines is 1. The molecule has 2 aliphatic rings. The molecule has 1 aromatic carbocycles. The second-order valence-electron chi connectivity index (χ2n) is 7.75. The quantitative estimate of drug-likeness (QED) is 0.716. The predicted octanol–water partition coefficient (Wildman–Crippen LogP) is 3.28. The maximum atomic E-state index is 12.5. The van der Waals surface area contributed by atoms with Crippen molar-refractivity contribution in [2.45, 2.75) is 57.5 Å². The molecular weight excluding hydrogens is 376 g/mol. The van der Waals surface area contributed by atoms with Crippen LogP contribution in [-0.2, 0) is 11.2 Å². The highest BCUT2D eigenvalue weighted by molar-refractivity contribution is 5.91. The topological polar surface area (TPSA) is 86.9 Å². The van der Waals surface area contributed by atoms with Crippen molar-refractivity contribution in [2.24, 2.45) is 5.92 Å². The molecule has 2 bridgehead atoms. The Hall–Kier alpha value is -2.18. The fraction of sp³-hybridized carbons (Fsp3) is 0.476. The third-order valence-corrected chi connectivity index (χ3v) is 5.62. The fourth-order valence-electron chi connectivity index (χ4n) is 4.39. The first-order valence-corrected chi connectivity index (χ1v) is 9.85. The first kappa shape index (κ1) is 20.6. The fourth-order valence-corrected chi connectivity index (χ4v) is 4.39. The molecule has 1 amide bonds. The number of hydrogen-bond acceptors (Lipinski definition) is 4. The van der Waals surface area contributed by atoms with E-state index in [4.69, 9.17) is 0 Å². The van der Waals surface area contributed by atoms with Gasteiger partial charge in [0.1, 0.15) is 5.82 Å². The molecule has 150 valence electrons. The molecule has 2 atom stereocenters. The summed E-state index contributed by atoms with van der Waals surface area (Å²) < 4.78 is 0. The van der Waals surface area contributed by atoms with Gasteiger partial charge in [-0.1, -0.05) is 19.1 Å². The second kappa shape index (κ2) is 8.88. The van der Waals surface area contributed by atoms with Crippen molar-refractivity contribution in [2.75, 3.05) is 5.32 Å². The lowest BCUT2D eigenvalue weighted by Crippen LogP contribution is -2.39. The van der Waals surface area contributed by atoms with Crippen LogP contribution in [0.3, 0.4) is 0 Å². The average Bonchev–Trinajstić information content (AvgIpc) is 2.99. The second-order valence-corrected chi connectivity index (χ2v) is 7.75. The van der Waals surface area contributed by atoms with Crippen LogP contribution in [0.4, 0.5) is 5.69 Å². The number of aromatic amines is 1. The van der Waals surface area contributed by atoms with Crippen LogP contribution in [0.1, 0.15) is 44.7 Å². The third kappa shape index (κ3) is 4.80. The lowest BCUT2D eigenvalue weighted by molar-refractivity contribution is -0.117. The molecule has 0 aliphatic carbocycles. The molecule has 2 saturated heterocycles. The van der Waals surface area contributed by atoms with Gasteiger partial charge in [0.2, 0.25) is 5.91 Å². The van der Waals surface area contributed by atoms with Gasteiger partial charge in [-0.05, 0) is 50.2 Å². The molecule has 7 heteroatoms. The van der Waals surface area contributed by atoms with E-state index < -0.39 is 0 Å². The van der Waals surface area contributed by atoms with Gasteiger partial charge in [-0.2, -0.15) is 0 Å². The van der Waals surface area contributed by atoms with Gasteiger partial charge in [0.25, 0.3) is 5.56 Å². The largest absolute Gasteiger partial charge is 0.326 e. The number of H-pyrrole nitrogens is 1. The number of amides is 1. The van der Waals surface area contributed by atoms with Gasteiger partial charge in [0.15, 0.2) is 0 Å². The van der Waals surface area contributed by atoms with Crippen LogP contribution < -0.4 is 16.2 Å². The smallest absolute Gasteiger partial charge is 0.251 e. The predicted molar refractivity (Wildman–Crippen MR) is 113 cm³/mol. The molecular formula is C21H27ClN4O2. The molecule has 3 heterocycles. The van der Waals surface area contributed by atoms with E-state index in [2.05, 4.69) is 20.6 Å². The maximum absolute atomic E-state index is 12.5. The van der Waals surface area contributed by atoms with E-state index >= 15 is 0 Å². The molecule has 2 aromatic rings. The van der Waals surface area contributed by atoms with E-state index in [1.54, 1.807) is 0 Å². The summed E-state index contributed by atoms with van der Waals surface area (Å²) in [5.41, 5.74) is 2.12. The first-order valence-electron chi connectivity index (χ1n) is 9.85. The molecule has 3 N–H and O–H groups in total. The Morgan fingerprint density at radius 2 is 1.96 bits per heavy atom. The number of aromatic nitrogens is 2. The van der Waals surface area contributed by atoms with Gasteiger partial charge in [-0.3, -0.25) is 9.59 Å². The van der Waals surface area contributed by atoms with Crippen LogP contribution in [0.5, 0.6) is 0 Å². The zero-order valence-corrected chi connectivity index (χ0v) is 16.8. The molecule has 2 fully saturated rings. The molecule has 6 nitrogen and oxygen atoms in total. The zero-order chi connectivity index (χ0) is 18.8. The van der Waals surface area contributed by atoms with Crippen LogP contribution in [0.2, 0.25) is 0 Å². The van der Waals surface area contributed by atoms with Gasteiger partial charge >= 0.3 is 0 Å². The minimum absolute atomic E-state index is 0. The summed E-state index contributed by atoms with van der Waals surface area (Å²) in [5.74, 6) is 1.05. The highest BCUT2D eigenvalue weighted by Gasteiger charge is 2.34. The number of carbonyl (C=O) groups is 1. The lowest BCUT2D eigenvalue weighted by atomic mass is 9.89. The van der Waals surface area contributed by atoms with E-state index in [0.717, 1.165) is 29.8 Å². The Balaban J connectivity index is 0.00000225. The summed E-state index contributed by atoms with van der Waals surface area (Å²) in [6.45, 7) is 1.97. The molecule has 0 saturated carbocycles. The molecule has 1 aromatic heterocycles. The molecule has 0 spiro atoms. The highest BCUT2D eigenvalue weighted by atomic mass is 35.5. The van der Waals surface area contributed by atoms with Gasteiger partial charge < -0.3 is 15.6 Å². The van der Waals surface area contributed by atoms with Crippen molar-refractivity contribution in [3.63, 3.8) is 0 Å². The third-order valence-electron chi connectivity index (χ3n) is 5.62. The number of piperidine rings is 1. The Labute approximate surface area is 171 Å². The number of fused-ring (bicyclic) bond motifs is 2. The van der Waals surface area contributed by atoms with Crippen molar-refractivity contribution in [3.8, 4) is 11.4 Å². The summed E-state index contributed by atoms with van der Waals surface area (Å²) in [6.07, 6.45) is 5.95.